The molecular formula is C32H45NO4. The number of ether oxygens (including phenoxy) is 1. The third-order valence-corrected chi connectivity index (χ3v) is 7.43. The summed E-state index contributed by atoms with van der Waals surface area (Å²) in [6.07, 6.45) is 16.8. The molecule has 1 aliphatic rings. The van der Waals surface area contributed by atoms with E-state index in [1.54, 1.807) is 0 Å². The summed E-state index contributed by atoms with van der Waals surface area (Å²) in [5.74, 6) is -0.571. The van der Waals surface area contributed by atoms with Crippen molar-refractivity contribution in [3.63, 3.8) is 0 Å². The summed E-state index contributed by atoms with van der Waals surface area (Å²) in [5, 5.41) is 11.5. The smallest absolute Gasteiger partial charge is 0.407 e. The Bertz CT molecular complexity index is 912. The van der Waals surface area contributed by atoms with Gasteiger partial charge in [0.25, 0.3) is 0 Å². The van der Waals surface area contributed by atoms with Gasteiger partial charge in [0, 0.05) is 18.9 Å². The predicted octanol–water partition coefficient (Wildman–Crippen LogP) is 8.46. The fourth-order valence-electron chi connectivity index (χ4n) is 5.36. The van der Waals surface area contributed by atoms with Crippen molar-refractivity contribution in [1.29, 1.82) is 0 Å². The number of nitrogens with one attached hydrogen (secondary N) is 1. The number of hydrogen-bond donors (Lipinski definition) is 2. The minimum atomic E-state index is -0.676. The van der Waals surface area contributed by atoms with Gasteiger partial charge in [-0.2, -0.15) is 0 Å². The van der Waals surface area contributed by atoms with Crippen molar-refractivity contribution in [1.82, 2.24) is 5.32 Å². The highest BCUT2D eigenvalue weighted by Crippen LogP contribution is 2.44. The molecule has 0 saturated carbocycles. The molecule has 2 aromatic rings. The predicted molar refractivity (Wildman–Crippen MR) is 150 cm³/mol. The first kappa shape index (κ1) is 28.7. The van der Waals surface area contributed by atoms with Crippen molar-refractivity contribution in [3.05, 3.63) is 59.7 Å². The van der Waals surface area contributed by atoms with Gasteiger partial charge < -0.3 is 15.2 Å². The quantitative estimate of drug-likeness (QED) is 0.187. The van der Waals surface area contributed by atoms with Gasteiger partial charge in [-0.15, -0.1) is 0 Å². The van der Waals surface area contributed by atoms with Crippen LogP contribution in [0.25, 0.3) is 11.1 Å². The minimum Gasteiger partial charge on any atom is -0.481 e. The molecular weight excluding hydrogens is 462 g/mol. The van der Waals surface area contributed by atoms with Crippen molar-refractivity contribution < 1.29 is 19.4 Å². The number of amides is 1. The number of carbonyl (C=O) groups is 2. The lowest BCUT2D eigenvalue weighted by Crippen LogP contribution is -2.27. The maximum absolute atomic E-state index is 12.2. The molecule has 0 spiro atoms. The summed E-state index contributed by atoms with van der Waals surface area (Å²) in [6, 6.07) is 16.8. The molecule has 202 valence electrons. The van der Waals surface area contributed by atoms with Crippen LogP contribution in [-0.4, -0.2) is 30.3 Å². The Balaban J connectivity index is 1.13. The molecule has 2 N–H and O–H groups in total. The fraction of sp³-hybridized carbons (Fsp3) is 0.562. The average Bonchev–Trinajstić information content (AvgIpc) is 3.22. The van der Waals surface area contributed by atoms with Gasteiger partial charge in [0.2, 0.25) is 0 Å². The Morgan fingerprint density at radius 2 is 1.08 bits per heavy atom. The number of fused-ring (bicyclic) bond motifs is 3. The van der Waals surface area contributed by atoms with E-state index in [1.165, 1.54) is 86.5 Å². The zero-order valence-corrected chi connectivity index (χ0v) is 22.4. The zero-order valence-electron chi connectivity index (χ0n) is 22.4. The molecule has 3 rings (SSSR count). The third-order valence-electron chi connectivity index (χ3n) is 7.43. The van der Waals surface area contributed by atoms with E-state index >= 15 is 0 Å². The second-order valence-electron chi connectivity index (χ2n) is 10.3. The van der Waals surface area contributed by atoms with Crippen LogP contribution in [0.5, 0.6) is 0 Å². The Kier molecular flexibility index (Phi) is 13.1. The SMILES string of the molecule is O=C(O)CCCCCCCCCCCCCCCCNC(=O)OCC1c2ccccc2-c2ccccc21. The molecule has 5 nitrogen and oxygen atoms in total. The molecule has 0 aromatic heterocycles. The van der Waals surface area contributed by atoms with Gasteiger partial charge in [0.15, 0.2) is 0 Å². The zero-order chi connectivity index (χ0) is 26.1. The average molecular weight is 508 g/mol. The highest BCUT2D eigenvalue weighted by atomic mass is 16.5. The molecule has 1 amide bonds. The van der Waals surface area contributed by atoms with Gasteiger partial charge >= 0.3 is 12.1 Å². The molecule has 0 heterocycles. The van der Waals surface area contributed by atoms with Crippen molar-refractivity contribution >= 4 is 12.1 Å². The van der Waals surface area contributed by atoms with E-state index in [-0.39, 0.29) is 12.0 Å². The fourth-order valence-corrected chi connectivity index (χ4v) is 5.36. The number of carbonyl (C=O) groups excluding carboxylic acids is 1. The molecule has 0 fully saturated rings. The standard InChI is InChI=1S/C32H45NO4/c34-31(35)23-13-11-9-7-5-3-1-2-4-6-8-10-12-18-24-33-32(36)37-25-30-28-21-16-14-19-26(28)27-20-15-17-22-29(27)30/h14-17,19-22,30H,1-13,18,23-25H2,(H,33,36)(H,34,35). The second-order valence-corrected chi connectivity index (χ2v) is 10.3. The van der Waals surface area contributed by atoms with E-state index in [4.69, 9.17) is 9.84 Å². The van der Waals surface area contributed by atoms with E-state index in [2.05, 4.69) is 53.8 Å². The number of unbranched alkanes of at least 4 members (excludes halogenated alkanes) is 13. The summed E-state index contributed by atoms with van der Waals surface area (Å²) in [5.41, 5.74) is 4.96. The van der Waals surface area contributed by atoms with Crippen molar-refractivity contribution in [3.8, 4) is 11.1 Å². The van der Waals surface area contributed by atoms with Crippen LogP contribution in [-0.2, 0) is 9.53 Å². The number of hydrogen-bond acceptors (Lipinski definition) is 3. The van der Waals surface area contributed by atoms with Crippen LogP contribution >= 0.6 is 0 Å². The highest BCUT2D eigenvalue weighted by Gasteiger charge is 2.28. The van der Waals surface area contributed by atoms with Gasteiger partial charge in [0.1, 0.15) is 6.61 Å². The maximum atomic E-state index is 12.2. The minimum absolute atomic E-state index is 0.105. The first-order valence-corrected chi connectivity index (χ1v) is 14.5. The Labute approximate surface area is 223 Å². The molecule has 0 radical (unpaired) electrons. The van der Waals surface area contributed by atoms with Crippen LogP contribution in [0.15, 0.2) is 48.5 Å². The van der Waals surface area contributed by atoms with Crippen molar-refractivity contribution in [2.45, 2.75) is 102 Å². The maximum Gasteiger partial charge on any atom is 0.407 e. The monoisotopic (exact) mass is 507 g/mol. The van der Waals surface area contributed by atoms with Crippen LogP contribution in [0.3, 0.4) is 0 Å². The van der Waals surface area contributed by atoms with E-state index in [0.29, 0.717) is 19.6 Å². The molecule has 0 atom stereocenters. The van der Waals surface area contributed by atoms with Crippen LogP contribution in [0, 0.1) is 0 Å². The van der Waals surface area contributed by atoms with E-state index < -0.39 is 5.97 Å². The second kappa shape index (κ2) is 16.8. The molecule has 1 aliphatic carbocycles. The summed E-state index contributed by atoms with van der Waals surface area (Å²) < 4.78 is 5.60. The third kappa shape index (κ3) is 10.2. The normalized spacial score (nSPS) is 12.2. The topological polar surface area (TPSA) is 75.6 Å². The number of rotatable bonds is 19. The molecule has 0 unspecified atom stereocenters. The summed E-state index contributed by atoms with van der Waals surface area (Å²) in [6.45, 7) is 1.04. The molecule has 2 aromatic carbocycles. The number of carboxylic acid groups (broad SMARTS) is 1. The van der Waals surface area contributed by atoms with Crippen LogP contribution in [0.1, 0.15) is 113 Å². The summed E-state index contributed by atoms with van der Waals surface area (Å²) in [4.78, 5) is 22.7. The lowest BCUT2D eigenvalue weighted by atomic mass is 9.98. The Hall–Kier alpha value is -2.82. The molecule has 5 heteroatoms. The number of carboxylic acids is 1. The van der Waals surface area contributed by atoms with Gasteiger partial charge in [0.05, 0.1) is 0 Å². The Morgan fingerprint density at radius 3 is 1.57 bits per heavy atom. The van der Waals surface area contributed by atoms with Crippen LogP contribution in [0.2, 0.25) is 0 Å². The summed E-state index contributed by atoms with van der Waals surface area (Å²) in [7, 11) is 0. The van der Waals surface area contributed by atoms with Crippen molar-refractivity contribution in [2.75, 3.05) is 13.2 Å². The van der Waals surface area contributed by atoms with E-state index in [1.807, 2.05) is 0 Å². The van der Waals surface area contributed by atoms with Gasteiger partial charge in [-0.05, 0) is 35.1 Å². The summed E-state index contributed by atoms with van der Waals surface area (Å²) >= 11 is 0. The first-order valence-electron chi connectivity index (χ1n) is 14.5. The largest absolute Gasteiger partial charge is 0.481 e. The first-order chi connectivity index (χ1) is 18.2. The number of aliphatic carboxylic acids is 1. The van der Waals surface area contributed by atoms with Gasteiger partial charge in [-0.1, -0.05) is 126 Å². The number of alkyl carbamates (subject to hydrolysis) is 1. The lowest BCUT2D eigenvalue weighted by molar-refractivity contribution is -0.137. The molecule has 0 aliphatic heterocycles. The van der Waals surface area contributed by atoms with Gasteiger partial charge in [-0.25, -0.2) is 4.79 Å². The van der Waals surface area contributed by atoms with Gasteiger partial charge in [-0.3, -0.25) is 4.79 Å². The Morgan fingerprint density at radius 1 is 0.649 bits per heavy atom. The highest BCUT2D eigenvalue weighted by molar-refractivity contribution is 5.79. The molecule has 37 heavy (non-hydrogen) atoms. The molecule has 0 bridgehead atoms. The van der Waals surface area contributed by atoms with E-state index in [9.17, 15) is 9.59 Å². The van der Waals surface area contributed by atoms with E-state index in [0.717, 1.165) is 25.7 Å². The van der Waals surface area contributed by atoms with Crippen LogP contribution in [0.4, 0.5) is 4.79 Å². The van der Waals surface area contributed by atoms with Crippen LogP contribution < -0.4 is 5.32 Å². The molecule has 0 saturated heterocycles. The van der Waals surface area contributed by atoms with Crippen molar-refractivity contribution in [2.24, 2.45) is 0 Å². The number of benzene rings is 2. The lowest BCUT2D eigenvalue weighted by Gasteiger charge is -2.14.